The minimum absolute atomic E-state index is 0. The molecule has 1 atom stereocenters. The average Bonchev–Trinajstić information content (AvgIpc) is 3.10. The maximum Gasteiger partial charge on any atom is 0.332 e. The molecule has 1 aliphatic heterocycles. The van der Waals surface area contributed by atoms with Crippen molar-refractivity contribution in [1.82, 2.24) is 18.7 Å². The second kappa shape index (κ2) is 6.39. The van der Waals surface area contributed by atoms with Crippen LogP contribution in [0, 0.1) is 0 Å². The molecule has 0 radical (unpaired) electrons. The minimum atomic E-state index is -0.339. The number of aryl methyl sites for hydroxylation is 1. The van der Waals surface area contributed by atoms with Crippen molar-refractivity contribution < 1.29 is 28.5 Å². The SMILES string of the molecule is CC(Cn1cnc2c1c(=O)n(C)c(=O)n2C)[N+]1(C)CCCC1.[I-]. The van der Waals surface area contributed by atoms with Gasteiger partial charge in [-0.15, -0.1) is 0 Å². The molecule has 1 aliphatic rings. The number of likely N-dealkylation sites (N-methyl/N-ethyl adjacent to an activating group) is 1. The molecule has 3 rings (SSSR count). The Morgan fingerprint density at radius 2 is 1.83 bits per heavy atom. The van der Waals surface area contributed by atoms with Gasteiger partial charge < -0.3 is 33.0 Å². The Bertz CT molecular complexity index is 829. The quantitative estimate of drug-likeness (QED) is 0.385. The van der Waals surface area contributed by atoms with E-state index in [1.165, 1.54) is 37.5 Å². The summed E-state index contributed by atoms with van der Waals surface area (Å²) in [5.74, 6) is 0. The molecule has 128 valence electrons. The number of quaternary nitrogens is 1. The van der Waals surface area contributed by atoms with Crippen LogP contribution in [0.3, 0.4) is 0 Å². The maximum absolute atomic E-state index is 12.4. The van der Waals surface area contributed by atoms with E-state index in [1.54, 1.807) is 13.4 Å². The Morgan fingerprint density at radius 1 is 1.22 bits per heavy atom. The van der Waals surface area contributed by atoms with E-state index in [1.807, 2.05) is 4.57 Å². The molecule has 1 fully saturated rings. The van der Waals surface area contributed by atoms with Gasteiger partial charge in [-0.3, -0.25) is 13.9 Å². The third kappa shape index (κ3) is 2.86. The largest absolute Gasteiger partial charge is 1.00 e. The fourth-order valence-corrected chi connectivity index (χ4v) is 3.52. The lowest BCUT2D eigenvalue weighted by Crippen LogP contribution is -3.00. The molecular weight excluding hydrogens is 409 g/mol. The predicted octanol–water partition coefficient (Wildman–Crippen LogP) is -2.93. The van der Waals surface area contributed by atoms with Crippen LogP contribution in [0.25, 0.3) is 11.2 Å². The summed E-state index contributed by atoms with van der Waals surface area (Å²) < 4.78 is 5.52. The summed E-state index contributed by atoms with van der Waals surface area (Å²) in [6.45, 7) is 5.33. The lowest BCUT2D eigenvalue weighted by molar-refractivity contribution is -0.921. The van der Waals surface area contributed by atoms with Crippen LogP contribution >= 0.6 is 0 Å². The fourth-order valence-electron chi connectivity index (χ4n) is 3.52. The molecule has 8 heteroatoms. The van der Waals surface area contributed by atoms with Gasteiger partial charge in [0.1, 0.15) is 6.04 Å². The highest BCUT2D eigenvalue weighted by atomic mass is 127. The first kappa shape index (κ1) is 18.2. The minimum Gasteiger partial charge on any atom is -1.00 e. The van der Waals surface area contributed by atoms with Crippen molar-refractivity contribution >= 4 is 11.2 Å². The van der Waals surface area contributed by atoms with Crippen LogP contribution < -0.4 is 35.2 Å². The van der Waals surface area contributed by atoms with Crippen LogP contribution in [-0.4, -0.2) is 49.3 Å². The number of rotatable bonds is 3. The lowest BCUT2D eigenvalue weighted by Gasteiger charge is -2.36. The van der Waals surface area contributed by atoms with E-state index in [9.17, 15) is 9.59 Å². The number of nitrogens with zero attached hydrogens (tertiary/aromatic N) is 5. The Morgan fingerprint density at radius 3 is 2.43 bits per heavy atom. The van der Waals surface area contributed by atoms with Gasteiger partial charge in [0.05, 0.1) is 33.0 Å². The van der Waals surface area contributed by atoms with E-state index in [4.69, 9.17) is 0 Å². The second-order valence-electron chi connectivity index (χ2n) is 6.76. The Labute approximate surface area is 152 Å². The third-order valence-corrected chi connectivity index (χ3v) is 5.33. The molecule has 0 amide bonds. The summed E-state index contributed by atoms with van der Waals surface area (Å²) in [6, 6.07) is 0.404. The van der Waals surface area contributed by atoms with Gasteiger partial charge in [0, 0.05) is 26.9 Å². The van der Waals surface area contributed by atoms with Crippen molar-refractivity contribution in [2.24, 2.45) is 14.1 Å². The van der Waals surface area contributed by atoms with Gasteiger partial charge in [0.2, 0.25) is 0 Å². The van der Waals surface area contributed by atoms with Crippen molar-refractivity contribution in [1.29, 1.82) is 0 Å². The molecule has 0 bridgehead atoms. The van der Waals surface area contributed by atoms with Gasteiger partial charge >= 0.3 is 5.69 Å². The maximum atomic E-state index is 12.4. The lowest BCUT2D eigenvalue weighted by atomic mass is 10.2. The Kier molecular flexibility index (Phi) is 5.05. The molecule has 0 N–H and O–H groups in total. The van der Waals surface area contributed by atoms with Crippen molar-refractivity contribution in [3.05, 3.63) is 27.2 Å². The molecule has 1 saturated heterocycles. The Balaban J connectivity index is 0.00000192. The van der Waals surface area contributed by atoms with Crippen LogP contribution in [0.5, 0.6) is 0 Å². The fraction of sp³-hybridized carbons (Fsp3) is 0.667. The van der Waals surface area contributed by atoms with Gasteiger partial charge in [0.15, 0.2) is 11.2 Å². The normalized spacial score (nSPS) is 18.1. The molecule has 3 heterocycles. The first-order valence-corrected chi connectivity index (χ1v) is 7.80. The van der Waals surface area contributed by atoms with Gasteiger partial charge in [-0.25, -0.2) is 9.78 Å². The van der Waals surface area contributed by atoms with E-state index in [0.29, 0.717) is 17.2 Å². The summed E-state index contributed by atoms with van der Waals surface area (Å²) >= 11 is 0. The molecule has 2 aromatic rings. The van der Waals surface area contributed by atoms with Gasteiger partial charge in [-0.2, -0.15) is 0 Å². The van der Waals surface area contributed by atoms with Crippen LogP contribution in [-0.2, 0) is 20.6 Å². The standard InChI is InChI=1S/C15H24N5O2.HI/c1-11(20(4)7-5-6-8-20)9-19-10-16-13-12(19)14(21)18(3)15(22)17(13)2;/h10-11H,5-9H2,1-4H3;1H/q+1;/p-1. The molecule has 0 aromatic carbocycles. The summed E-state index contributed by atoms with van der Waals surface area (Å²) in [5, 5.41) is 0. The number of hydrogen-bond acceptors (Lipinski definition) is 3. The number of fused-ring (bicyclic) bond motifs is 1. The van der Waals surface area contributed by atoms with E-state index in [2.05, 4.69) is 19.0 Å². The number of hydrogen-bond donors (Lipinski definition) is 0. The molecule has 2 aromatic heterocycles. The number of likely N-dealkylation sites (tertiary alicyclic amines) is 1. The molecule has 0 saturated carbocycles. The summed E-state index contributed by atoms with van der Waals surface area (Å²) in [6.07, 6.45) is 4.22. The number of aromatic nitrogens is 4. The highest BCUT2D eigenvalue weighted by molar-refractivity contribution is 5.69. The van der Waals surface area contributed by atoms with Crippen LogP contribution in [0.1, 0.15) is 19.8 Å². The topological polar surface area (TPSA) is 61.8 Å². The third-order valence-electron chi connectivity index (χ3n) is 5.33. The highest BCUT2D eigenvalue weighted by Gasteiger charge is 2.33. The number of halogens is 1. The molecule has 0 spiro atoms. The zero-order chi connectivity index (χ0) is 16.1. The zero-order valence-electron chi connectivity index (χ0n) is 14.1. The molecule has 1 unspecified atom stereocenters. The predicted molar refractivity (Wildman–Crippen MR) is 84.8 cm³/mol. The van der Waals surface area contributed by atoms with Crippen molar-refractivity contribution in [3.63, 3.8) is 0 Å². The molecule has 23 heavy (non-hydrogen) atoms. The second-order valence-corrected chi connectivity index (χ2v) is 6.76. The monoisotopic (exact) mass is 433 g/mol. The van der Waals surface area contributed by atoms with Crippen LogP contribution in [0.15, 0.2) is 15.9 Å². The highest BCUT2D eigenvalue weighted by Crippen LogP contribution is 2.22. The molecule has 0 aliphatic carbocycles. The van der Waals surface area contributed by atoms with Crippen molar-refractivity contribution in [2.45, 2.75) is 32.4 Å². The molecular formula is C15H24IN5O2. The van der Waals surface area contributed by atoms with E-state index < -0.39 is 0 Å². The van der Waals surface area contributed by atoms with Gasteiger partial charge in [0.25, 0.3) is 5.56 Å². The smallest absolute Gasteiger partial charge is 0.332 e. The van der Waals surface area contributed by atoms with E-state index in [-0.39, 0.29) is 35.2 Å². The van der Waals surface area contributed by atoms with E-state index in [0.717, 1.165) is 15.6 Å². The van der Waals surface area contributed by atoms with Gasteiger partial charge in [-0.1, -0.05) is 0 Å². The summed E-state index contributed by atoms with van der Waals surface area (Å²) in [4.78, 5) is 28.7. The first-order valence-electron chi connectivity index (χ1n) is 7.80. The Hall–Kier alpha value is -1.16. The average molecular weight is 433 g/mol. The van der Waals surface area contributed by atoms with Gasteiger partial charge in [-0.05, 0) is 6.92 Å². The zero-order valence-corrected chi connectivity index (χ0v) is 16.3. The van der Waals surface area contributed by atoms with Crippen LogP contribution in [0.4, 0.5) is 0 Å². The first-order chi connectivity index (χ1) is 10.3. The van der Waals surface area contributed by atoms with Crippen molar-refractivity contribution in [3.8, 4) is 0 Å². The number of imidazole rings is 1. The van der Waals surface area contributed by atoms with Crippen LogP contribution in [0.2, 0.25) is 0 Å². The molecule has 7 nitrogen and oxygen atoms in total. The summed E-state index contributed by atoms with van der Waals surface area (Å²) in [7, 11) is 5.45. The van der Waals surface area contributed by atoms with Crippen molar-refractivity contribution in [2.75, 3.05) is 20.1 Å². The van der Waals surface area contributed by atoms with E-state index >= 15 is 0 Å². The summed E-state index contributed by atoms with van der Waals surface area (Å²) in [5.41, 5.74) is 0.368.